The first-order chi connectivity index (χ1) is 6.11. The van der Waals surface area contributed by atoms with Crippen LogP contribution in [0.15, 0.2) is 0 Å². The summed E-state index contributed by atoms with van der Waals surface area (Å²) in [5.74, 6) is 4.60. The van der Waals surface area contributed by atoms with E-state index in [9.17, 15) is 9.59 Å². The average Bonchev–Trinajstić information content (AvgIpc) is 2.10. The van der Waals surface area contributed by atoms with Crippen molar-refractivity contribution in [3.05, 3.63) is 0 Å². The summed E-state index contributed by atoms with van der Waals surface area (Å²) >= 11 is 0. The molecule has 0 aliphatic carbocycles. The molecule has 1 N–H and O–H groups in total. The molecule has 72 valence electrons. The van der Waals surface area contributed by atoms with Gasteiger partial charge in [-0.05, 0) is 6.92 Å². The van der Waals surface area contributed by atoms with Gasteiger partial charge in [-0.3, -0.25) is 4.79 Å². The summed E-state index contributed by atoms with van der Waals surface area (Å²) in [5.41, 5.74) is 0. The maximum absolute atomic E-state index is 11.0. The van der Waals surface area contributed by atoms with Crippen molar-refractivity contribution in [1.82, 2.24) is 5.32 Å². The highest BCUT2D eigenvalue weighted by molar-refractivity contribution is 5.83. The van der Waals surface area contributed by atoms with Gasteiger partial charge in [0.1, 0.15) is 6.04 Å². The molecule has 0 aliphatic heterocycles. The van der Waals surface area contributed by atoms with E-state index in [1.54, 1.807) is 6.92 Å². The van der Waals surface area contributed by atoms with E-state index in [1.807, 2.05) is 0 Å². The van der Waals surface area contributed by atoms with Crippen LogP contribution in [-0.4, -0.2) is 25.0 Å². The predicted octanol–water partition coefficient (Wildman–Crippen LogP) is 0.0775. The second-order valence-corrected chi connectivity index (χ2v) is 2.41. The molecule has 0 aromatic rings. The Balaban J connectivity index is 4.23. The van der Waals surface area contributed by atoms with Crippen molar-refractivity contribution in [3.8, 4) is 11.8 Å². The fraction of sp³-hybridized carbons (Fsp3) is 0.556. The largest absolute Gasteiger partial charge is 0.467 e. The van der Waals surface area contributed by atoms with Crippen LogP contribution in [-0.2, 0) is 14.3 Å². The first-order valence-electron chi connectivity index (χ1n) is 3.86. The van der Waals surface area contributed by atoms with E-state index in [0.29, 0.717) is 0 Å². The Bertz CT molecular complexity index is 249. The zero-order valence-electron chi connectivity index (χ0n) is 8.01. The van der Waals surface area contributed by atoms with E-state index >= 15 is 0 Å². The monoisotopic (exact) mass is 183 g/mol. The molecule has 0 unspecified atom stereocenters. The summed E-state index contributed by atoms with van der Waals surface area (Å²) < 4.78 is 4.49. The van der Waals surface area contributed by atoms with Gasteiger partial charge in [0.15, 0.2) is 0 Å². The van der Waals surface area contributed by atoms with Gasteiger partial charge in [0.25, 0.3) is 0 Å². The van der Waals surface area contributed by atoms with Crippen LogP contribution in [0.1, 0.15) is 20.3 Å². The van der Waals surface area contributed by atoms with E-state index in [1.165, 1.54) is 14.0 Å². The number of rotatable bonds is 3. The Morgan fingerprint density at radius 2 is 2.15 bits per heavy atom. The van der Waals surface area contributed by atoms with E-state index < -0.39 is 12.0 Å². The van der Waals surface area contributed by atoms with Gasteiger partial charge >= 0.3 is 5.97 Å². The fourth-order valence-corrected chi connectivity index (χ4v) is 0.785. The van der Waals surface area contributed by atoms with Gasteiger partial charge in [-0.15, -0.1) is 11.8 Å². The summed E-state index contributed by atoms with van der Waals surface area (Å²) in [4.78, 5) is 21.7. The number of esters is 1. The van der Waals surface area contributed by atoms with E-state index in [-0.39, 0.29) is 12.3 Å². The second-order valence-electron chi connectivity index (χ2n) is 2.41. The van der Waals surface area contributed by atoms with Crippen LogP contribution in [0.4, 0.5) is 0 Å². The van der Waals surface area contributed by atoms with Crippen molar-refractivity contribution in [2.24, 2.45) is 0 Å². The molecular weight excluding hydrogens is 170 g/mol. The number of carbonyl (C=O) groups is 2. The van der Waals surface area contributed by atoms with Gasteiger partial charge in [-0.25, -0.2) is 4.79 Å². The lowest BCUT2D eigenvalue weighted by Crippen LogP contribution is -2.40. The molecule has 0 heterocycles. The number of ether oxygens (including phenoxy) is 1. The predicted molar refractivity (Wildman–Crippen MR) is 47.7 cm³/mol. The third-order valence-electron chi connectivity index (χ3n) is 1.35. The molecule has 0 saturated carbocycles. The molecule has 0 fully saturated rings. The van der Waals surface area contributed by atoms with Crippen molar-refractivity contribution < 1.29 is 14.3 Å². The molecule has 0 aromatic carbocycles. The summed E-state index contributed by atoms with van der Waals surface area (Å²) in [6.45, 7) is 3.01. The number of hydrogen-bond donors (Lipinski definition) is 1. The third kappa shape index (κ3) is 4.86. The molecule has 0 rings (SSSR count). The zero-order chi connectivity index (χ0) is 10.3. The normalized spacial score (nSPS) is 10.7. The number of methoxy groups -OCH3 is 1. The van der Waals surface area contributed by atoms with Crippen LogP contribution in [0.25, 0.3) is 0 Å². The van der Waals surface area contributed by atoms with E-state index in [4.69, 9.17) is 0 Å². The van der Waals surface area contributed by atoms with E-state index in [2.05, 4.69) is 21.9 Å². The molecular formula is C9H13NO3. The highest BCUT2D eigenvalue weighted by Gasteiger charge is 2.18. The van der Waals surface area contributed by atoms with Crippen LogP contribution in [0.5, 0.6) is 0 Å². The SMILES string of the molecule is CC#CC[C@H](NC(C)=O)C(=O)OC. The Labute approximate surface area is 77.6 Å². The van der Waals surface area contributed by atoms with Gasteiger partial charge < -0.3 is 10.1 Å². The summed E-state index contributed by atoms with van der Waals surface area (Å²) in [7, 11) is 1.27. The molecule has 4 heteroatoms. The quantitative estimate of drug-likeness (QED) is 0.498. The first-order valence-corrected chi connectivity index (χ1v) is 3.86. The van der Waals surface area contributed by atoms with Crippen LogP contribution >= 0.6 is 0 Å². The topological polar surface area (TPSA) is 55.4 Å². The van der Waals surface area contributed by atoms with E-state index in [0.717, 1.165) is 0 Å². The maximum atomic E-state index is 11.0. The molecule has 13 heavy (non-hydrogen) atoms. The fourth-order valence-electron chi connectivity index (χ4n) is 0.785. The Morgan fingerprint density at radius 3 is 2.54 bits per heavy atom. The number of amides is 1. The molecule has 0 saturated heterocycles. The van der Waals surface area contributed by atoms with Crippen molar-refractivity contribution in [3.63, 3.8) is 0 Å². The number of carbonyl (C=O) groups excluding carboxylic acids is 2. The lowest BCUT2D eigenvalue weighted by molar-refractivity contribution is -0.144. The molecule has 1 atom stereocenters. The maximum Gasteiger partial charge on any atom is 0.329 e. The molecule has 0 radical (unpaired) electrons. The molecule has 0 spiro atoms. The van der Waals surface area contributed by atoms with Crippen molar-refractivity contribution in [2.75, 3.05) is 7.11 Å². The third-order valence-corrected chi connectivity index (χ3v) is 1.35. The zero-order valence-corrected chi connectivity index (χ0v) is 8.01. The van der Waals surface area contributed by atoms with Gasteiger partial charge in [0, 0.05) is 13.3 Å². The lowest BCUT2D eigenvalue weighted by atomic mass is 10.2. The Hall–Kier alpha value is -1.50. The Kier molecular flexibility index (Phi) is 5.37. The van der Waals surface area contributed by atoms with Crippen LogP contribution in [0.3, 0.4) is 0 Å². The van der Waals surface area contributed by atoms with Crippen LogP contribution in [0.2, 0.25) is 0 Å². The summed E-state index contributed by atoms with van der Waals surface area (Å²) in [6, 6.07) is -0.657. The summed E-state index contributed by atoms with van der Waals surface area (Å²) in [6.07, 6.45) is 0.281. The van der Waals surface area contributed by atoms with Crippen molar-refractivity contribution in [2.45, 2.75) is 26.3 Å². The van der Waals surface area contributed by atoms with Crippen LogP contribution < -0.4 is 5.32 Å². The molecule has 0 aliphatic rings. The minimum atomic E-state index is -0.657. The highest BCUT2D eigenvalue weighted by Crippen LogP contribution is 1.93. The lowest BCUT2D eigenvalue weighted by Gasteiger charge is -2.11. The van der Waals surface area contributed by atoms with Gasteiger partial charge in [-0.1, -0.05) is 0 Å². The van der Waals surface area contributed by atoms with Crippen LogP contribution in [0, 0.1) is 11.8 Å². The molecule has 0 aromatic heterocycles. The van der Waals surface area contributed by atoms with Gasteiger partial charge in [0.05, 0.1) is 7.11 Å². The average molecular weight is 183 g/mol. The smallest absolute Gasteiger partial charge is 0.329 e. The summed E-state index contributed by atoms with van der Waals surface area (Å²) in [5, 5.41) is 2.45. The first kappa shape index (κ1) is 11.5. The molecule has 0 bridgehead atoms. The van der Waals surface area contributed by atoms with Crippen molar-refractivity contribution in [1.29, 1.82) is 0 Å². The highest BCUT2D eigenvalue weighted by atomic mass is 16.5. The molecule has 4 nitrogen and oxygen atoms in total. The van der Waals surface area contributed by atoms with Gasteiger partial charge in [-0.2, -0.15) is 0 Å². The van der Waals surface area contributed by atoms with Gasteiger partial charge in [0.2, 0.25) is 5.91 Å². The minimum Gasteiger partial charge on any atom is -0.467 e. The Morgan fingerprint density at radius 1 is 1.54 bits per heavy atom. The van der Waals surface area contributed by atoms with Crippen molar-refractivity contribution >= 4 is 11.9 Å². The number of hydrogen-bond acceptors (Lipinski definition) is 3. The second kappa shape index (κ2) is 6.06. The minimum absolute atomic E-state index is 0.270. The standard InChI is InChI=1S/C9H13NO3/c1-4-5-6-8(9(12)13-3)10-7(2)11/h8H,6H2,1-3H3,(H,10,11)/t8-/m0/s1. The number of nitrogens with one attached hydrogen (secondary N) is 1. The molecule has 1 amide bonds.